The van der Waals surface area contributed by atoms with Gasteiger partial charge in [-0.2, -0.15) is 5.10 Å². The maximum absolute atomic E-state index is 13.1. The van der Waals surface area contributed by atoms with Crippen molar-refractivity contribution in [3.05, 3.63) is 77.5 Å². The van der Waals surface area contributed by atoms with Gasteiger partial charge in [0.1, 0.15) is 11.5 Å². The molecule has 0 aliphatic heterocycles. The highest BCUT2D eigenvalue weighted by Gasteiger charge is 2.25. The number of nitrogens with one attached hydrogen (secondary N) is 1. The third-order valence-electron chi connectivity index (χ3n) is 5.82. The van der Waals surface area contributed by atoms with Crippen molar-refractivity contribution in [1.29, 1.82) is 0 Å². The fraction of sp³-hybridized carbons (Fsp3) is 0.333. The molecule has 38 heavy (non-hydrogen) atoms. The third-order valence-corrected chi connectivity index (χ3v) is 5.82. The van der Waals surface area contributed by atoms with Gasteiger partial charge in [-0.15, -0.1) is 0 Å². The van der Waals surface area contributed by atoms with Gasteiger partial charge in [-0.1, -0.05) is 12.1 Å². The number of aryl methyl sites for hydroxylation is 1. The largest absolute Gasteiger partial charge is 0.507 e. The molecular formula is C27H29F2N5O4. The monoisotopic (exact) mass is 525 g/mol. The molecule has 1 aromatic carbocycles. The van der Waals surface area contributed by atoms with Gasteiger partial charge in [0.05, 0.1) is 40.8 Å². The molecule has 3 heterocycles. The molecule has 1 amide bonds. The van der Waals surface area contributed by atoms with Crippen LogP contribution in [0.4, 0.5) is 8.78 Å². The van der Waals surface area contributed by atoms with Crippen LogP contribution in [0.3, 0.4) is 0 Å². The number of phenols is 1. The average Bonchev–Trinajstić information content (AvgIpc) is 3.25. The number of fused-ring (bicyclic) bond motifs is 1. The van der Waals surface area contributed by atoms with E-state index in [4.69, 9.17) is 4.74 Å². The van der Waals surface area contributed by atoms with E-state index < -0.39 is 24.0 Å². The Morgan fingerprint density at radius 2 is 1.95 bits per heavy atom. The first kappa shape index (κ1) is 26.9. The van der Waals surface area contributed by atoms with E-state index >= 15 is 0 Å². The lowest BCUT2D eigenvalue weighted by atomic mass is 9.98. The number of pyridine rings is 2. The summed E-state index contributed by atoms with van der Waals surface area (Å²) in [4.78, 5) is 21.2. The normalized spacial score (nSPS) is 13.3. The molecule has 0 aliphatic carbocycles. The predicted octanol–water partition coefficient (Wildman–Crippen LogP) is 3.65. The van der Waals surface area contributed by atoms with Crippen LogP contribution in [-0.4, -0.2) is 60.5 Å². The molecule has 0 saturated heterocycles. The number of carbonyl (C=O) groups is 1. The Labute approximate surface area is 218 Å². The number of aliphatic hydroxyl groups is 1. The minimum atomic E-state index is -2.94. The summed E-state index contributed by atoms with van der Waals surface area (Å²) in [6, 6.07) is 9.68. The molecule has 0 aliphatic rings. The molecule has 9 nitrogen and oxygen atoms in total. The highest BCUT2D eigenvalue weighted by Crippen LogP contribution is 2.23. The van der Waals surface area contributed by atoms with E-state index in [2.05, 4.69) is 20.4 Å². The van der Waals surface area contributed by atoms with E-state index in [-0.39, 0.29) is 24.3 Å². The molecule has 0 saturated carbocycles. The van der Waals surface area contributed by atoms with Crippen LogP contribution in [0.15, 0.2) is 55.0 Å². The zero-order valence-electron chi connectivity index (χ0n) is 21.3. The number of phenolic OH excluding ortho intramolecular Hbond substituents is 1. The van der Waals surface area contributed by atoms with Gasteiger partial charge in [-0.05, 0) is 43.7 Å². The Balaban J connectivity index is 1.44. The number of hydrogen-bond donors (Lipinski definition) is 3. The molecule has 3 N–H and O–H groups in total. The smallest absolute Gasteiger partial charge is 0.278 e. The number of benzene rings is 1. The summed E-state index contributed by atoms with van der Waals surface area (Å²) in [5.74, 6) is -3.28. The molecule has 1 atom stereocenters. The van der Waals surface area contributed by atoms with E-state index in [1.54, 1.807) is 55.2 Å². The predicted molar refractivity (Wildman–Crippen MR) is 136 cm³/mol. The first-order valence-corrected chi connectivity index (χ1v) is 12.0. The number of hydrogen-bond acceptors (Lipinski definition) is 7. The summed E-state index contributed by atoms with van der Waals surface area (Å²) in [5, 5.41) is 28.8. The quantitative estimate of drug-likeness (QED) is 0.289. The Kier molecular flexibility index (Phi) is 7.58. The van der Waals surface area contributed by atoms with Gasteiger partial charge in [0.2, 0.25) is 0 Å². The summed E-state index contributed by atoms with van der Waals surface area (Å²) >= 11 is 0. The van der Waals surface area contributed by atoms with Gasteiger partial charge in [0.15, 0.2) is 6.61 Å². The number of ether oxygens (including phenoxy) is 1. The van der Waals surface area contributed by atoms with Crippen LogP contribution in [0.2, 0.25) is 0 Å². The molecule has 0 radical (unpaired) electrons. The summed E-state index contributed by atoms with van der Waals surface area (Å²) < 4.78 is 33.1. The van der Waals surface area contributed by atoms with Gasteiger partial charge < -0.3 is 20.3 Å². The van der Waals surface area contributed by atoms with E-state index in [1.807, 2.05) is 0 Å². The molecule has 0 fully saturated rings. The van der Waals surface area contributed by atoms with Gasteiger partial charge in [-0.25, -0.2) is 8.78 Å². The number of alkyl halides is 2. The number of aromatic nitrogens is 4. The van der Waals surface area contributed by atoms with E-state index in [0.717, 1.165) is 12.3 Å². The average molecular weight is 526 g/mol. The maximum Gasteiger partial charge on any atom is 0.278 e. The van der Waals surface area contributed by atoms with Crippen molar-refractivity contribution in [1.82, 2.24) is 25.1 Å². The van der Waals surface area contributed by atoms with E-state index in [9.17, 15) is 23.8 Å². The summed E-state index contributed by atoms with van der Waals surface area (Å²) in [6.45, 7) is 3.68. The second-order valence-electron chi connectivity index (χ2n) is 9.69. The van der Waals surface area contributed by atoms with Crippen molar-refractivity contribution in [3.63, 3.8) is 0 Å². The van der Waals surface area contributed by atoms with E-state index in [0.29, 0.717) is 34.8 Å². The van der Waals surface area contributed by atoms with Crippen LogP contribution >= 0.6 is 0 Å². The molecule has 1 unspecified atom stereocenters. The zero-order chi connectivity index (χ0) is 27.5. The molecule has 0 bridgehead atoms. The number of carbonyl (C=O) groups excluding carboxylic acids is 1. The summed E-state index contributed by atoms with van der Waals surface area (Å²) in [5.41, 5.74) is 1.42. The fourth-order valence-corrected chi connectivity index (χ4v) is 3.94. The second-order valence-corrected chi connectivity index (χ2v) is 9.69. The van der Waals surface area contributed by atoms with Crippen LogP contribution in [0.5, 0.6) is 11.5 Å². The third kappa shape index (κ3) is 6.80. The minimum absolute atomic E-state index is 0.0616. The van der Waals surface area contributed by atoms with Gasteiger partial charge >= 0.3 is 0 Å². The summed E-state index contributed by atoms with van der Waals surface area (Å²) in [7, 11) is 0. The lowest BCUT2D eigenvalue weighted by molar-refractivity contribution is -0.0232. The molecule has 200 valence electrons. The lowest BCUT2D eigenvalue weighted by Crippen LogP contribution is -2.42. The van der Waals surface area contributed by atoms with Crippen LogP contribution in [-0.2, 0) is 13.0 Å². The summed E-state index contributed by atoms with van der Waals surface area (Å²) in [6.07, 6.45) is 4.97. The first-order chi connectivity index (χ1) is 17.9. The lowest BCUT2D eigenvalue weighted by Gasteiger charge is -2.23. The van der Waals surface area contributed by atoms with Crippen molar-refractivity contribution < 1.29 is 28.5 Å². The Bertz CT molecular complexity index is 1450. The van der Waals surface area contributed by atoms with E-state index in [1.165, 1.54) is 18.3 Å². The molecule has 4 aromatic rings. The van der Waals surface area contributed by atoms with Crippen LogP contribution in [0, 0.1) is 6.92 Å². The van der Waals surface area contributed by atoms with Crippen molar-refractivity contribution in [2.45, 2.75) is 45.3 Å². The zero-order valence-corrected chi connectivity index (χ0v) is 21.3. The number of rotatable bonds is 10. The van der Waals surface area contributed by atoms with Gasteiger partial charge in [-0.3, -0.25) is 19.4 Å². The number of amides is 1. The Morgan fingerprint density at radius 1 is 1.18 bits per heavy atom. The highest BCUT2D eigenvalue weighted by molar-refractivity contribution is 5.96. The Morgan fingerprint density at radius 3 is 2.66 bits per heavy atom. The molecule has 11 heteroatoms. The maximum atomic E-state index is 13.1. The number of halogens is 2. The van der Waals surface area contributed by atoms with Crippen LogP contribution in [0.1, 0.15) is 41.2 Å². The van der Waals surface area contributed by atoms with Gasteiger partial charge in [0, 0.05) is 37.7 Å². The van der Waals surface area contributed by atoms with Gasteiger partial charge in [0.25, 0.3) is 11.8 Å². The number of aromatic hydroxyl groups is 1. The van der Waals surface area contributed by atoms with Crippen molar-refractivity contribution in [3.8, 4) is 11.5 Å². The van der Waals surface area contributed by atoms with Crippen molar-refractivity contribution in [2.24, 2.45) is 0 Å². The van der Waals surface area contributed by atoms with Crippen LogP contribution in [0.25, 0.3) is 10.9 Å². The molecule has 0 spiro atoms. The van der Waals surface area contributed by atoms with Crippen molar-refractivity contribution in [2.75, 3.05) is 13.2 Å². The number of nitrogens with zero attached hydrogens (tertiary/aromatic N) is 4. The Hall–Kier alpha value is -4.12. The molecular weight excluding hydrogens is 496 g/mol. The number of para-hydroxylation sites is 1. The standard InChI is InChI=1S/C27H29F2N5O4/c1-17-10-18(31-12-24(17)38-16-27(3,28)29)13-34-14-20-21(33-34)8-9-30-22(20)11-26(2,37)15-32-25(36)19-6-4-5-7-23(19)35/h4-10,12,14,35,37H,11,13,15-16H2,1-3H3,(H,32,36). The highest BCUT2D eigenvalue weighted by atomic mass is 19.3. The molecule has 3 aromatic heterocycles. The topological polar surface area (TPSA) is 122 Å². The molecule has 4 rings (SSSR count). The van der Waals surface area contributed by atoms with Crippen LogP contribution < -0.4 is 10.1 Å². The first-order valence-electron chi connectivity index (χ1n) is 12.0. The fourth-order valence-electron chi connectivity index (χ4n) is 3.94. The van der Waals surface area contributed by atoms with Crippen molar-refractivity contribution >= 4 is 16.8 Å². The second kappa shape index (κ2) is 10.7. The minimum Gasteiger partial charge on any atom is -0.507 e. The SMILES string of the molecule is Cc1cc(Cn2cc3c(CC(C)(O)CNC(=O)c4ccccc4O)nccc3n2)ncc1OCC(C)(F)F.